The Kier molecular flexibility index (Phi) is 5.80. The Morgan fingerprint density at radius 1 is 1.36 bits per heavy atom. The van der Waals surface area contributed by atoms with Gasteiger partial charge in [-0.1, -0.05) is 0 Å². The van der Waals surface area contributed by atoms with Gasteiger partial charge in [-0.05, 0) is 6.08 Å². The Bertz CT molecular complexity index is 564. The van der Waals surface area contributed by atoms with E-state index in [4.69, 9.17) is 20.0 Å². The Morgan fingerprint density at radius 3 is 2.36 bits per heavy atom. The van der Waals surface area contributed by atoms with E-state index in [9.17, 15) is 23.7 Å². The van der Waals surface area contributed by atoms with Crippen LogP contribution in [0, 0.1) is 0 Å². The fourth-order valence-corrected chi connectivity index (χ4v) is 2.22. The van der Waals surface area contributed by atoms with E-state index in [2.05, 4.69) is 9.26 Å². The van der Waals surface area contributed by atoms with Crippen molar-refractivity contribution in [3.63, 3.8) is 0 Å². The van der Waals surface area contributed by atoms with E-state index < -0.39 is 62.2 Å². The molecule has 0 heterocycles. The second-order valence-corrected chi connectivity index (χ2v) is 5.38. The molecular formula is C10H12FO10P. The van der Waals surface area contributed by atoms with Crippen molar-refractivity contribution < 1.29 is 52.9 Å². The summed E-state index contributed by atoms with van der Waals surface area (Å²) in [5.41, 5.74) is -0.447. The largest absolute Gasteiger partial charge is 0.478 e. The van der Waals surface area contributed by atoms with Crippen LogP contribution in [-0.4, -0.2) is 55.4 Å². The molecule has 0 saturated carbocycles. The molecule has 0 aromatic rings. The molecule has 0 amide bonds. The van der Waals surface area contributed by atoms with Gasteiger partial charge in [-0.2, -0.15) is 0 Å². The molecule has 0 radical (unpaired) electrons. The topological polar surface area (TPSA) is 171 Å². The van der Waals surface area contributed by atoms with Gasteiger partial charge < -0.3 is 29.8 Å². The smallest absolute Gasteiger partial charge is 0.470 e. The molecule has 0 saturated heterocycles. The number of carbonyl (C=O) groups is 2. The summed E-state index contributed by atoms with van der Waals surface area (Å²) in [7, 11) is -5.07. The Hall–Kier alpha value is -1.78. The summed E-state index contributed by atoms with van der Waals surface area (Å²) in [6.07, 6.45) is -5.38. The molecule has 1 aliphatic carbocycles. The number of aliphatic hydroxyl groups excluding tert-OH is 1. The minimum atomic E-state index is -5.07. The van der Waals surface area contributed by atoms with Crippen molar-refractivity contribution in [3.8, 4) is 0 Å². The van der Waals surface area contributed by atoms with Crippen LogP contribution < -0.4 is 0 Å². The molecule has 10 nitrogen and oxygen atoms in total. The van der Waals surface area contributed by atoms with Crippen molar-refractivity contribution >= 4 is 19.8 Å². The van der Waals surface area contributed by atoms with Gasteiger partial charge in [0.2, 0.25) is 5.76 Å². The lowest BCUT2D eigenvalue weighted by atomic mass is 9.92. The maximum Gasteiger partial charge on any atom is 0.470 e. The molecule has 12 heteroatoms. The fourth-order valence-electron chi connectivity index (χ4n) is 1.72. The van der Waals surface area contributed by atoms with Crippen LogP contribution in [0.5, 0.6) is 0 Å². The number of rotatable bonds is 6. The summed E-state index contributed by atoms with van der Waals surface area (Å²) >= 11 is 0. The zero-order chi connectivity index (χ0) is 17.1. The molecule has 124 valence electrons. The van der Waals surface area contributed by atoms with Crippen LogP contribution in [0.2, 0.25) is 0 Å². The van der Waals surface area contributed by atoms with Crippen LogP contribution in [-0.2, 0) is 23.4 Å². The normalized spacial score (nSPS) is 26.3. The van der Waals surface area contributed by atoms with Gasteiger partial charge in [-0.3, -0.25) is 4.52 Å². The van der Waals surface area contributed by atoms with Gasteiger partial charge in [0, 0.05) is 12.0 Å². The molecule has 0 bridgehead atoms. The predicted molar refractivity (Wildman–Crippen MR) is 65.0 cm³/mol. The number of halogens is 1. The molecule has 0 aromatic heterocycles. The average molecular weight is 342 g/mol. The van der Waals surface area contributed by atoms with Gasteiger partial charge in [0.1, 0.15) is 24.6 Å². The quantitative estimate of drug-likeness (QED) is 0.241. The molecule has 0 fully saturated rings. The summed E-state index contributed by atoms with van der Waals surface area (Å²) in [4.78, 5) is 39.0. The van der Waals surface area contributed by atoms with Crippen molar-refractivity contribution in [2.75, 3.05) is 0 Å². The number of hydrogen-bond acceptors (Lipinski definition) is 6. The summed E-state index contributed by atoms with van der Waals surface area (Å²) in [6, 6.07) is 0. The standard InChI is InChI=1S/C10H12FO10P/c11-3-7(10(15)16)20-5-1-4(9(13)14)2-6(8(5)12)21-22(17,18)19/h2-3,5-6,8,12H,1H2,(H,13,14)(H,15,16)(H2,17,18,19)/b7-3-/t5-,6-,8+/m1/s1. The number of ether oxygens (including phenoxy) is 1. The second-order valence-electron chi connectivity index (χ2n) is 4.19. The third kappa shape index (κ3) is 4.90. The number of carboxylic acids is 2. The molecule has 3 atom stereocenters. The van der Waals surface area contributed by atoms with Crippen molar-refractivity contribution in [1.82, 2.24) is 0 Å². The SMILES string of the molecule is O=C(O)C1=C[C@@H](OP(=O)(O)O)[C@@H](O)[C@H](O/C(=C\F)C(=O)O)C1. The first-order valence-electron chi connectivity index (χ1n) is 5.61. The van der Waals surface area contributed by atoms with Gasteiger partial charge in [0.15, 0.2) is 0 Å². The molecule has 1 aliphatic rings. The van der Waals surface area contributed by atoms with Crippen molar-refractivity contribution in [3.05, 3.63) is 23.7 Å². The average Bonchev–Trinajstić information content (AvgIpc) is 2.37. The highest BCUT2D eigenvalue weighted by atomic mass is 31.2. The van der Waals surface area contributed by atoms with Crippen LogP contribution in [0.3, 0.4) is 0 Å². The highest BCUT2D eigenvalue weighted by Gasteiger charge is 2.40. The summed E-state index contributed by atoms with van der Waals surface area (Å²) in [5.74, 6) is -4.51. The maximum atomic E-state index is 12.4. The van der Waals surface area contributed by atoms with Crippen molar-refractivity contribution in [1.29, 1.82) is 0 Å². The van der Waals surface area contributed by atoms with Crippen LogP contribution in [0.1, 0.15) is 6.42 Å². The number of aliphatic carboxylic acids is 2. The molecular weight excluding hydrogens is 330 g/mol. The lowest BCUT2D eigenvalue weighted by Crippen LogP contribution is -2.43. The first kappa shape index (κ1) is 18.3. The van der Waals surface area contributed by atoms with Crippen LogP contribution in [0.25, 0.3) is 0 Å². The number of hydrogen-bond donors (Lipinski definition) is 5. The Balaban J connectivity index is 3.06. The van der Waals surface area contributed by atoms with Gasteiger partial charge >= 0.3 is 19.8 Å². The van der Waals surface area contributed by atoms with Gasteiger partial charge in [0.25, 0.3) is 0 Å². The lowest BCUT2D eigenvalue weighted by molar-refractivity contribution is -0.141. The third-order valence-electron chi connectivity index (χ3n) is 2.63. The van der Waals surface area contributed by atoms with Gasteiger partial charge in [-0.25, -0.2) is 18.5 Å². The number of carboxylic acid groups (broad SMARTS) is 2. The minimum absolute atomic E-state index is 0.410. The summed E-state index contributed by atoms with van der Waals surface area (Å²) < 4.78 is 32.0. The van der Waals surface area contributed by atoms with Crippen LogP contribution >= 0.6 is 7.82 Å². The van der Waals surface area contributed by atoms with Crippen molar-refractivity contribution in [2.45, 2.75) is 24.7 Å². The molecule has 0 aromatic carbocycles. The molecule has 22 heavy (non-hydrogen) atoms. The van der Waals surface area contributed by atoms with Gasteiger partial charge in [0.05, 0.1) is 0 Å². The molecule has 5 N–H and O–H groups in total. The number of aliphatic hydroxyl groups is 1. The van der Waals surface area contributed by atoms with Crippen molar-refractivity contribution in [2.24, 2.45) is 0 Å². The van der Waals surface area contributed by atoms with Gasteiger partial charge in [-0.15, -0.1) is 0 Å². The maximum absolute atomic E-state index is 12.4. The zero-order valence-corrected chi connectivity index (χ0v) is 11.6. The van der Waals surface area contributed by atoms with E-state index in [1.807, 2.05) is 0 Å². The van der Waals surface area contributed by atoms with E-state index in [1.54, 1.807) is 0 Å². The second kappa shape index (κ2) is 6.99. The monoisotopic (exact) mass is 342 g/mol. The molecule has 0 aliphatic heterocycles. The minimum Gasteiger partial charge on any atom is -0.478 e. The summed E-state index contributed by atoms with van der Waals surface area (Å²) in [5, 5.41) is 27.4. The lowest BCUT2D eigenvalue weighted by Gasteiger charge is -2.32. The molecule has 0 unspecified atom stereocenters. The van der Waals surface area contributed by atoms with Crippen LogP contribution in [0.15, 0.2) is 23.7 Å². The Morgan fingerprint density at radius 2 is 1.95 bits per heavy atom. The first-order chi connectivity index (χ1) is 10.0. The van der Waals surface area contributed by atoms with E-state index >= 15 is 0 Å². The first-order valence-corrected chi connectivity index (χ1v) is 7.14. The molecule has 1 rings (SSSR count). The van der Waals surface area contributed by atoms with E-state index in [-0.39, 0.29) is 0 Å². The van der Waals surface area contributed by atoms with E-state index in [1.165, 1.54) is 0 Å². The highest BCUT2D eigenvalue weighted by molar-refractivity contribution is 7.46. The third-order valence-corrected chi connectivity index (χ3v) is 3.14. The fraction of sp³-hybridized carbons (Fsp3) is 0.400. The predicted octanol–water partition coefficient (Wildman–Crippen LogP) is -0.479. The Labute approximate surface area is 122 Å². The number of phosphoric acid groups is 1. The summed E-state index contributed by atoms with van der Waals surface area (Å²) in [6.45, 7) is 0. The highest BCUT2D eigenvalue weighted by Crippen LogP contribution is 2.41. The van der Waals surface area contributed by atoms with E-state index in [0.29, 0.717) is 0 Å². The van der Waals surface area contributed by atoms with E-state index in [0.717, 1.165) is 6.08 Å². The van der Waals surface area contributed by atoms with Crippen LogP contribution in [0.4, 0.5) is 4.39 Å². The number of phosphoric ester groups is 1. The molecule has 0 spiro atoms. The zero-order valence-electron chi connectivity index (χ0n) is 10.7.